The number of hydrogen-bond acceptors (Lipinski definition) is 3. The van der Waals surface area contributed by atoms with E-state index < -0.39 is 14.8 Å². The molecule has 1 unspecified atom stereocenters. The zero-order valence-electron chi connectivity index (χ0n) is 13.7. The molecule has 122 valence electrons. The van der Waals surface area contributed by atoms with Gasteiger partial charge in [-0.25, -0.2) is 8.42 Å². The van der Waals surface area contributed by atoms with Crippen LogP contribution < -0.4 is 5.32 Å². The molecule has 1 aromatic carbocycles. The Kier molecular flexibility index (Phi) is 4.08. The van der Waals surface area contributed by atoms with Crippen LogP contribution in [0.1, 0.15) is 43.9 Å². The summed E-state index contributed by atoms with van der Waals surface area (Å²) >= 11 is 0. The lowest BCUT2D eigenvalue weighted by Gasteiger charge is -2.37. The molecule has 0 spiro atoms. The summed E-state index contributed by atoms with van der Waals surface area (Å²) < 4.78 is 27.4. The number of nitrogens with one attached hydrogen (secondary N) is 1. The average molecular weight is 322 g/mol. The van der Waals surface area contributed by atoms with Crippen molar-refractivity contribution in [2.24, 2.45) is 5.92 Å². The van der Waals surface area contributed by atoms with Gasteiger partial charge in [0.05, 0.1) is 4.75 Å². The van der Waals surface area contributed by atoms with Crippen LogP contribution in [-0.4, -0.2) is 37.1 Å². The van der Waals surface area contributed by atoms with Gasteiger partial charge in [-0.15, -0.1) is 0 Å². The van der Waals surface area contributed by atoms with Crippen LogP contribution in [0.3, 0.4) is 0 Å². The molecule has 2 fully saturated rings. The van der Waals surface area contributed by atoms with E-state index in [9.17, 15) is 8.42 Å². The van der Waals surface area contributed by atoms with E-state index in [1.165, 1.54) is 11.1 Å². The Labute approximate surface area is 134 Å². The highest BCUT2D eigenvalue weighted by Crippen LogP contribution is 2.51. The van der Waals surface area contributed by atoms with Gasteiger partial charge < -0.3 is 5.32 Å². The van der Waals surface area contributed by atoms with Gasteiger partial charge >= 0.3 is 0 Å². The van der Waals surface area contributed by atoms with Gasteiger partial charge in [0.25, 0.3) is 0 Å². The van der Waals surface area contributed by atoms with Crippen LogP contribution in [-0.2, 0) is 10.0 Å². The van der Waals surface area contributed by atoms with Gasteiger partial charge in [0.2, 0.25) is 10.0 Å². The van der Waals surface area contributed by atoms with Gasteiger partial charge in [0.1, 0.15) is 0 Å². The molecule has 22 heavy (non-hydrogen) atoms. The second-order valence-corrected chi connectivity index (χ2v) is 9.23. The predicted molar refractivity (Wildman–Crippen MR) is 89.2 cm³/mol. The fraction of sp³-hybridized carbons (Fsp3) is 0.647. The van der Waals surface area contributed by atoms with Crippen LogP contribution in [0.4, 0.5) is 0 Å². The second kappa shape index (κ2) is 5.62. The molecule has 0 bridgehead atoms. The van der Waals surface area contributed by atoms with Crippen LogP contribution >= 0.6 is 0 Å². The SMILES string of the molecule is Cc1ccccc1C1CN(S(=O)(=O)C2(C(C)C)CC2)CCN1. The number of nitrogens with zero attached hydrogens (tertiary/aromatic N) is 1. The quantitative estimate of drug-likeness (QED) is 0.926. The first-order chi connectivity index (χ1) is 10.4. The maximum absolute atomic E-state index is 13.1. The van der Waals surface area contributed by atoms with Gasteiger partial charge in [0, 0.05) is 25.7 Å². The fourth-order valence-electron chi connectivity index (χ4n) is 3.64. The van der Waals surface area contributed by atoms with Crippen molar-refractivity contribution in [3.63, 3.8) is 0 Å². The van der Waals surface area contributed by atoms with E-state index in [-0.39, 0.29) is 12.0 Å². The van der Waals surface area contributed by atoms with Crippen molar-refractivity contribution in [2.45, 2.75) is 44.4 Å². The number of benzene rings is 1. The van der Waals surface area contributed by atoms with Crippen LogP contribution in [0.2, 0.25) is 0 Å². The highest BCUT2D eigenvalue weighted by molar-refractivity contribution is 7.90. The summed E-state index contributed by atoms with van der Waals surface area (Å²) in [5, 5.41) is 3.47. The van der Waals surface area contributed by atoms with Gasteiger partial charge in [0.15, 0.2) is 0 Å². The predicted octanol–water partition coefficient (Wildman–Crippen LogP) is 2.46. The summed E-state index contributed by atoms with van der Waals surface area (Å²) in [5.41, 5.74) is 2.42. The first kappa shape index (κ1) is 16.0. The number of aryl methyl sites for hydroxylation is 1. The van der Waals surface area contributed by atoms with Gasteiger partial charge in [-0.3, -0.25) is 0 Å². The van der Waals surface area contributed by atoms with E-state index in [2.05, 4.69) is 24.4 Å². The number of piperazine rings is 1. The lowest BCUT2D eigenvalue weighted by atomic mass is 10.0. The van der Waals surface area contributed by atoms with E-state index in [0.717, 1.165) is 12.8 Å². The minimum absolute atomic E-state index is 0.0905. The third kappa shape index (κ3) is 2.49. The molecule has 5 heteroatoms. The zero-order chi connectivity index (χ0) is 16.0. The number of sulfonamides is 1. The average Bonchev–Trinajstić information content (AvgIpc) is 3.30. The summed E-state index contributed by atoms with van der Waals surface area (Å²) in [6.07, 6.45) is 1.62. The van der Waals surface area contributed by atoms with Crippen LogP contribution in [0.25, 0.3) is 0 Å². The molecule has 3 rings (SSSR count). The molecule has 1 atom stereocenters. The van der Waals surface area contributed by atoms with Crippen LogP contribution in [0.5, 0.6) is 0 Å². The standard InChI is InChI=1S/C17H26N2O2S/c1-13(2)17(8-9-17)22(20,21)19-11-10-18-16(12-19)15-7-5-4-6-14(15)3/h4-7,13,16,18H,8-12H2,1-3H3. The van der Waals surface area contributed by atoms with Gasteiger partial charge in [-0.05, 0) is 36.8 Å². The molecule has 1 N–H and O–H groups in total. The molecule has 1 saturated heterocycles. The van der Waals surface area contributed by atoms with Crippen molar-refractivity contribution in [2.75, 3.05) is 19.6 Å². The smallest absolute Gasteiger partial charge is 0.220 e. The summed E-state index contributed by atoms with van der Waals surface area (Å²) in [4.78, 5) is 0. The molecule has 0 aromatic heterocycles. The highest BCUT2D eigenvalue weighted by Gasteiger charge is 2.59. The normalized spacial score (nSPS) is 25.4. The van der Waals surface area contributed by atoms with E-state index in [0.29, 0.717) is 19.6 Å². The molecule has 1 aromatic rings. The monoisotopic (exact) mass is 322 g/mol. The van der Waals surface area contributed by atoms with Crippen molar-refractivity contribution in [3.8, 4) is 0 Å². The molecule has 4 nitrogen and oxygen atoms in total. The summed E-state index contributed by atoms with van der Waals surface area (Å²) in [7, 11) is -3.21. The number of rotatable bonds is 4. The van der Waals surface area contributed by atoms with Crippen molar-refractivity contribution in [1.29, 1.82) is 0 Å². The Morgan fingerprint density at radius 1 is 1.27 bits per heavy atom. The molecule has 2 aliphatic rings. The lowest BCUT2D eigenvalue weighted by Crippen LogP contribution is -2.52. The first-order valence-corrected chi connectivity index (χ1v) is 9.61. The molecule has 0 amide bonds. The van der Waals surface area contributed by atoms with Crippen molar-refractivity contribution in [3.05, 3.63) is 35.4 Å². The topological polar surface area (TPSA) is 49.4 Å². The molecular formula is C17H26N2O2S. The third-order valence-corrected chi connectivity index (χ3v) is 8.27. The van der Waals surface area contributed by atoms with E-state index >= 15 is 0 Å². The largest absolute Gasteiger partial charge is 0.307 e. The van der Waals surface area contributed by atoms with Gasteiger partial charge in [-0.1, -0.05) is 38.1 Å². The van der Waals surface area contributed by atoms with E-state index in [1.807, 2.05) is 26.0 Å². The van der Waals surface area contributed by atoms with Crippen LogP contribution in [0, 0.1) is 12.8 Å². The Morgan fingerprint density at radius 3 is 2.55 bits per heavy atom. The lowest BCUT2D eigenvalue weighted by molar-refractivity contribution is 0.293. The summed E-state index contributed by atoms with van der Waals surface area (Å²) in [6, 6.07) is 8.31. The molecule has 1 aliphatic heterocycles. The minimum atomic E-state index is -3.21. The first-order valence-electron chi connectivity index (χ1n) is 8.17. The Bertz CT molecular complexity index is 650. The van der Waals surface area contributed by atoms with E-state index in [4.69, 9.17) is 0 Å². The second-order valence-electron chi connectivity index (χ2n) is 6.95. The Morgan fingerprint density at radius 2 is 1.95 bits per heavy atom. The highest BCUT2D eigenvalue weighted by atomic mass is 32.2. The Balaban J connectivity index is 1.84. The third-order valence-electron chi connectivity index (χ3n) is 5.35. The molecule has 1 heterocycles. The summed E-state index contributed by atoms with van der Waals surface area (Å²) in [5.74, 6) is 0.185. The fourth-order valence-corrected chi connectivity index (χ4v) is 6.05. The zero-order valence-corrected chi connectivity index (χ0v) is 14.5. The number of hydrogen-bond donors (Lipinski definition) is 1. The molecule has 1 aliphatic carbocycles. The van der Waals surface area contributed by atoms with Gasteiger partial charge in [-0.2, -0.15) is 4.31 Å². The Hall–Kier alpha value is -0.910. The molecule has 0 radical (unpaired) electrons. The molecule has 1 saturated carbocycles. The van der Waals surface area contributed by atoms with Crippen LogP contribution in [0.15, 0.2) is 24.3 Å². The van der Waals surface area contributed by atoms with Crippen molar-refractivity contribution < 1.29 is 8.42 Å². The maximum atomic E-state index is 13.1. The van der Waals surface area contributed by atoms with Crippen molar-refractivity contribution in [1.82, 2.24) is 9.62 Å². The van der Waals surface area contributed by atoms with E-state index in [1.54, 1.807) is 4.31 Å². The van der Waals surface area contributed by atoms with Crippen molar-refractivity contribution >= 4 is 10.0 Å². The maximum Gasteiger partial charge on any atom is 0.220 e. The minimum Gasteiger partial charge on any atom is -0.307 e. The summed E-state index contributed by atoms with van der Waals surface area (Å²) in [6.45, 7) is 7.99. The molecular weight excluding hydrogens is 296 g/mol.